The second-order valence-electron chi connectivity index (χ2n) is 18.4. The van der Waals surface area contributed by atoms with E-state index in [0.29, 0.717) is 0 Å². The van der Waals surface area contributed by atoms with Crippen molar-refractivity contribution < 1.29 is 0 Å². The summed E-state index contributed by atoms with van der Waals surface area (Å²) in [5.74, 6) is 0. The van der Waals surface area contributed by atoms with Crippen molar-refractivity contribution in [3.05, 3.63) is 307 Å². The van der Waals surface area contributed by atoms with Crippen LogP contribution in [0.2, 0.25) is 0 Å². The summed E-state index contributed by atoms with van der Waals surface area (Å²) in [6, 6.07) is 105. The molecule has 1 aliphatic rings. The highest BCUT2D eigenvalue weighted by Crippen LogP contribution is 2.57. The highest BCUT2D eigenvalue weighted by atomic mass is 15.1. The fourth-order valence-electron chi connectivity index (χ4n) is 11.4. The van der Waals surface area contributed by atoms with Gasteiger partial charge in [0.05, 0.1) is 11.1 Å². The van der Waals surface area contributed by atoms with Crippen LogP contribution >= 0.6 is 0 Å². The molecule has 0 heterocycles. The van der Waals surface area contributed by atoms with Crippen LogP contribution in [0.3, 0.4) is 0 Å². The van der Waals surface area contributed by atoms with E-state index < -0.39 is 5.41 Å². The Labute approximate surface area is 409 Å². The van der Waals surface area contributed by atoms with E-state index in [2.05, 4.69) is 290 Å². The Morgan fingerprint density at radius 1 is 0.243 bits per heavy atom. The van der Waals surface area contributed by atoms with Crippen molar-refractivity contribution in [1.29, 1.82) is 0 Å². The lowest BCUT2D eigenvalue weighted by Gasteiger charge is -2.36. The van der Waals surface area contributed by atoms with Crippen LogP contribution in [-0.4, -0.2) is 0 Å². The molecule has 12 aromatic carbocycles. The summed E-state index contributed by atoms with van der Waals surface area (Å²) in [6.45, 7) is 0. The summed E-state index contributed by atoms with van der Waals surface area (Å²) in [6.07, 6.45) is 0. The van der Waals surface area contributed by atoms with Gasteiger partial charge in [0.25, 0.3) is 0 Å². The largest absolute Gasteiger partial charge is 0.309 e. The Bertz CT molecular complexity index is 3750. The summed E-state index contributed by atoms with van der Waals surface area (Å²) < 4.78 is 0. The molecule has 0 atom stereocenters. The van der Waals surface area contributed by atoms with E-state index in [1.807, 2.05) is 0 Å². The van der Waals surface area contributed by atoms with E-state index in [9.17, 15) is 0 Å². The Balaban J connectivity index is 1.08. The molecule has 13 rings (SSSR count). The topological polar surface area (TPSA) is 3.24 Å². The molecule has 328 valence electrons. The van der Waals surface area contributed by atoms with Gasteiger partial charge in [-0.2, -0.15) is 0 Å². The molecular formula is C69H47N. The quantitative estimate of drug-likeness (QED) is 0.131. The molecule has 1 nitrogen and oxygen atoms in total. The molecule has 0 aromatic heterocycles. The monoisotopic (exact) mass is 889 g/mol. The SMILES string of the molecule is c1ccc(-c2cc(-c3ccccc3)cc(-c3ccc(N(c4cccc(C5(c6ccccc6)c6ccccc6-c6ccccc65)c4)c4c(-c5ccccc5)c5ccccc5c5ccccc45)cc3)c2)cc1. The molecule has 0 saturated heterocycles. The Morgan fingerprint density at radius 3 is 1.21 bits per heavy atom. The second kappa shape index (κ2) is 17.2. The van der Waals surface area contributed by atoms with Gasteiger partial charge < -0.3 is 4.90 Å². The van der Waals surface area contributed by atoms with Gasteiger partial charge in [-0.05, 0) is 131 Å². The highest BCUT2D eigenvalue weighted by Gasteiger charge is 2.46. The van der Waals surface area contributed by atoms with Crippen molar-refractivity contribution in [2.45, 2.75) is 5.41 Å². The van der Waals surface area contributed by atoms with Gasteiger partial charge >= 0.3 is 0 Å². The van der Waals surface area contributed by atoms with E-state index in [1.165, 1.54) is 93.9 Å². The first-order chi connectivity index (χ1) is 34.7. The van der Waals surface area contributed by atoms with Crippen LogP contribution in [0, 0.1) is 0 Å². The zero-order valence-electron chi connectivity index (χ0n) is 38.6. The lowest BCUT2D eigenvalue weighted by Crippen LogP contribution is -2.28. The van der Waals surface area contributed by atoms with Gasteiger partial charge in [-0.3, -0.25) is 0 Å². The van der Waals surface area contributed by atoms with Gasteiger partial charge in [-0.15, -0.1) is 0 Å². The zero-order valence-corrected chi connectivity index (χ0v) is 38.6. The number of nitrogens with zero attached hydrogens (tertiary/aromatic N) is 1. The third-order valence-corrected chi connectivity index (χ3v) is 14.5. The Morgan fingerprint density at radius 2 is 0.657 bits per heavy atom. The van der Waals surface area contributed by atoms with E-state index in [0.717, 1.165) is 22.6 Å². The summed E-state index contributed by atoms with van der Waals surface area (Å²) in [7, 11) is 0. The third-order valence-electron chi connectivity index (χ3n) is 14.5. The van der Waals surface area contributed by atoms with Crippen molar-refractivity contribution in [3.63, 3.8) is 0 Å². The number of rotatable bonds is 9. The maximum absolute atomic E-state index is 2.53. The summed E-state index contributed by atoms with van der Waals surface area (Å²) >= 11 is 0. The van der Waals surface area contributed by atoms with Crippen molar-refractivity contribution in [2.24, 2.45) is 0 Å². The van der Waals surface area contributed by atoms with Gasteiger partial charge in [0, 0.05) is 22.3 Å². The number of fused-ring (bicyclic) bond motifs is 6. The van der Waals surface area contributed by atoms with Crippen LogP contribution in [0.1, 0.15) is 22.3 Å². The molecule has 0 amide bonds. The predicted molar refractivity (Wildman–Crippen MR) is 295 cm³/mol. The maximum Gasteiger partial charge on any atom is 0.0714 e. The van der Waals surface area contributed by atoms with Crippen molar-refractivity contribution in [2.75, 3.05) is 4.90 Å². The zero-order chi connectivity index (χ0) is 46.4. The summed E-state index contributed by atoms with van der Waals surface area (Å²) in [5.41, 5.74) is 19.8. The first-order valence-corrected chi connectivity index (χ1v) is 24.2. The number of benzene rings is 12. The third kappa shape index (κ3) is 6.78. The molecule has 0 saturated carbocycles. The molecule has 1 heteroatoms. The molecule has 1 aliphatic carbocycles. The van der Waals surface area contributed by atoms with Gasteiger partial charge in [-0.1, -0.05) is 243 Å². The van der Waals surface area contributed by atoms with E-state index in [4.69, 9.17) is 0 Å². The lowest BCUT2D eigenvalue weighted by atomic mass is 9.67. The molecule has 12 aromatic rings. The van der Waals surface area contributed by atoms with Gasteiger partial charge in [0.15, 0.2) is 0 Å². The molecule has 0 bridgehead atoms. The second-order valence-corrected chi connectivity index (χ2v) is 18.4. The fourth-order valence-corrected chi connectivity index (χ4v) is 11.4. The smallest absolute Gasteiger partial charge is 0.0714 e. The Kier molecular flexibility index (Phi) is 10.1. The first-order valence-electron chi connectivity index (χ1n) is 24.2. The molecule has 0 aliphatic heterocycles. The summed E-state index contributed by atoms with van der Waals surface area (Å²) in [5, 5.41) is 4.85. The predicted octanol–water partition coefficient (Wildman–Crippen LogP) is 18.5. The van der Waals surface area contributed by atoms with Crippen LogP contribution in [0.5, 0.6) is 0 Å². The minimum Gasteiger partial charge on any atom is -0.309 e. The maximum atomic E-state index is 2.53. The molecule has 0 N–H and O–H groups in total. The highest BCUT2D eigenvalue weighted by molar-refractivity contribution is 6.22. The molecule has 70 heavy (non-hydrogen) atoms. The van der Waals surface area contributed by atoms with Crippen molar-refractivity contribution in [3.8, 4) is 55.6 Å². The van der Waals surface area contributed by atoms with Crippen LogP contribution in [0.25, 0.3) is 77.2 Å². The van der Waals surface area contributed by atoms with Gasteiger partial charge in [0.1, 0.15) is 0 Å². The standard InChI is InChI=1S/C69H47N/c1-5-22-48(23-6-1)52-44-53(49-24-7-2-8-25-49)46-54(45-52)50-40-42-57(43-41-50)70(68-64-37-16-14-33-60(64)59-32-13-15-36-63(59)67(68)51-26-9-3-10-27-51)58-31-21-30-56(47-58)69(55-28-11-4-12-29-55)65-38-19-17-34-61(65)62-35-18-20-39-66(62)69/h1-47H. The van der Waals surface area contributed by atoms with E-state index in [-0.39, 0.29) is 0 Å². The molecule has 0 spiro atoms. The lowest BCUT2D eigenvalue weighted by molar-refractivity contribution is 0.768. The normalized spacial score (nSPS) is 12.4. The molecule has 0 unspecified atom stereocenters. The number of anilines is 3. The van der Waals surface area contributed by atoms with Crippen LogP contribution in [0.15, 0.2) is 285 Å². The van der Waals surface area contributed by atoms with Crippen molar-refractivity contribution >= 4 is 38.6 Å². The number of hydrogen-bond donors (Lipinski definition) is 0. The minimum absolute atomic E-state index is 0.562. The van der Waals surface area contributed by atoms with E-state index >= 15 is 0 Å². The number of hydrogen-bond acceptors (Lipinski definition) is 1. The molecule has 0 radical (unpaired) electrons. The first kappa shape index (κ1) is 41.2. The minimum atomic E-state index is -0.562. The fraction of sp³-hybridized carbons (Fsp3) is 0.0145. The van der Waals surface area contributed by atoms with Crippen LogP contribution in [0.4, 0.5) is 17.1 Å². The van der Waals surface area contributed by atoms with Gasteiger partial charge in [0.2, 0.25) is 0 Å². The molecular weight excluding hydrogens is 843 g/mol. The summed E-state index contributed by atoms with van der Waals surface area (Å²) in [4.78, 5) is 2.53. The van der Waals surface area contributed by atoms with E-state index in [1.54, 1.807) is 0 Å². The Hall–Kier alpha value is -9.04. The van der Waals surface area contributed by atoms with Crippen LogP contribution in [-0.2, 0) is 5.41 Å². The van der Waals surface area contributed by atoms with Crippen molar-refractivity contribution in [1.82, 2.24) is 0 Å². The average molecular weight is 890 g/mol. The van der Waals surface area contributed by atoms with Gasteiger partial charge in [-0.25, -0.2) is 0 Å². The average Bonchev–Trinajstić information content (AvgIpc) is 3.75. The van der Waals surface area contributed by atoms with Crippen LogP contribution < -0.4 is 4.90 Å². The molecule has 0 fully saturated rings.